The van der Waals surface area contributed by atoms with Crippen LogP contribution < -0.4 is 0 Å². The standard InChI is InChI=1S/C13H13BrF3N/c1-4-12(5-2,18-3)10-7-6-9(14)8-11(10)13(15,16)17/h6-8H,4-5H2,1-2H3. The normalized spacial score (nSPS) is 12.3. The Hall–Kier alpha value is -1.02. The third kappa shape index (κ3) is 2.69. The van der Waals surface area contributed by atoms with Crippen molar-refractivity contribution >= 4 is 15.9 Å². The molecule has 0 aliphatic rings. The Morgan fingerprint density at radius 3 is 2.11 bits per heavy atom. The number of hydrogen-bond donors (Lipinski definition) is 0. The van der Waals surface area contributed by atoms with E-state index in [1.165, 1.54) is 6.07 Å². The van der Waals surface area contributed by atoms with Gasteiger partial charge in [-0.05, 0) is 18.2 Å². The molecule has 0 aliphatic heterocycles. The van der Waals surface area contributed by atoms with Crippen molar-refractivity contribution in [2.75, 3.05) is 0 Å². The van der Waals surface area contributed by atoms with Gasteiger partial charge < -0.3 is 4.85 Å². The van der Waals surface area contributed by atoms with Gasteiger partial charge in [0.15, 0.2) is 0 Å². The molecule has 18 heavy (non-hydrogen) atoms. The lowest BCUT2D eigenvalue weighted by Crippen LogP contribution is -2.24. The van der Waals surface area contributed by atoms with Gasteiger partial charge in [0.2, 0.25) is 0 Å². The molecule has 0 aromatic heterocycles. The summed E-state index contributed by atoms with van der Waals surface area (Å²) in [5.41, 5.74) is -1.75. The molecule has 0 heterocycles. The summed E-state index contributed by atoms with van der Waals surface area (Å²) in [7, 11) is 0. The summed E-state index contributed by atoms with van der Waals surface area (Å²) in [5.74, 6) is 0. The zero-order valence-corrected chi connectivity index (χ0v) is 11.7. The molecule has 1 aromatic rings. The molecule has 1 rings (SSSR count). The van der Waals surface area contributed by atoms with Crippen molar-refractivity contribution in [3.8, 4) is 0 Å². The molecule has 0 unspecified atom stereocenters. The molecule has 0 bridgehead atoms. The molecule has 0 N–H and O–H groups in total. The van der Waals surface area contributed by atoms with Gasteiger partial charge in [-0.15, -0.1) is 0 Å². The van der Waals surface area contributed by atoms with Crippen molar-refractivity contribution in [1.29, 1.82) is 0 Å². The van der Waals surface area contributed by atoms with E-state index < -0.39 is 17.3 Å². The van der Waals surface area contributed by atoms with Gasteiger partial charge in [0.1, 0.15) is 0 Å². The van der Waals surface area contributed by atoms with Gasteiger partial charge in [-0.3, -0.25) is 0 Å². The van der Waals surface area contributed by atoms with Gasteiger partial charge in [-0.2, -0.15) is 13.2 Å². The Morgan fingerprint density at radius 2 is 1.72 bits per heavy atom. The highest BCUT2D eigenvalue weighted by molar-refractivity contribution is 9.10. The highest BCUT2D eigenvalue weighted by Gasteiger charge is 2.44. The van der Waals surface area contributed by atoms with Gasteiger partial charge in [-0.25, -0.2) is 6.57 Å². The fourth-order valence-electron chi connectivity index (χ4n) is 2.01. The highest BCUT2D eigenvalue weighted by Crippen LogP contribution is 2.42. The minimum atomic E-state index is -4.45. The van der Waals surface area contributed by atoms with Crippen molar-refractivity contribution < 1.29 is 13.2 Å². The lowest BCUT2D eigenvalue weighted by molar-refractivity contribution is -0.138. The summed E-state index contributed by atoms with van der Waals surface area (Å²) >= 11 is 3.04. The van der Waals surface area contributed by atoms with Crippen LogP contribution in [0.5, 0.6) is 0 Å². The quantitative estimate of drug-likeness (QED) is 0.657. The number of hydrogen-bond acceptors (Lipinski definition) is 0. The molecule has 0 aliphatic carbocycles. The molecule has 0 saturated heterocycles. The van der Waals surface area contributed by atoms with Crippen LogP contribution in [0.25, 0.3) is 4.85 Å². The summed E-state index contributed by atoms with van der Waals surface area (Å²) in [4.78, 5) is 3.47. The van der Waals surface area contributed by atoms with Crippen LogP contribution in [-0.2, 0) is 11.7 Å². The van der Waals surface area contributed by atoms with Crippen LogP contribution in [0, 0.1) is 6.57 Å². The molecule has 0 atom stereocenters. The van der Waals surface area contributed by atoms with Gasteiger partial charge in [-0.1, -0.05) is 29.8 Å². The van der Waals surface area contributed by atoms with Crippen molar-refractivity contribution in [3.05, 3.63) is 45.2 Å². The van der Waals surface area contributed by atoms with Crippen LogP contribution in [0.15, 0.2) is 22.7 Å². The average molecular weight is 320 g/mol. The van der Waals surface area contributed by atoms with Crippen LogP contribution in [0.1, 0.15) is 37.8 Å². The maximum atomic E-state index is 13.0. The maximum absolute atomic E-state index is 13.0. The molecule has 1 nitrogen and oxygen atoms in total. The molecule has 5 heteroatoms. The van der Waals surface area contributed by atoms with E-state index >= 15 is 0 Å². The molecule has 98 valence electrons. The Bertz CT molecular complexity index is 470. The predicted octanol–water partition coefficient (Wildman–Crippen LogP) is 5.40. The number of halogens is 4. The van der Waals surface area contributed by atoms with E-state index in [0.29, 0.717) is 17.3 Å². The predicted molar refractivity (Wildman–Crippen MR) is 68.0 cm³/mol. The largest absolute Gasteiger partial charge is 0.417 e. The lowest BCUT2D eigenvalue weighted by Gasteiger charge is -2.23. The Morgan fingerprint density at radius 1 is 1.17 bits per heavy atom. The first-order chi connectivity index (χ1) is 8.30. The van der Waals surface area contributed by atoms with Crippen LogP contribution in [-0.4, -0.2) is 0 Å². The molecule has 1 aromatic carbocycles. The molecule has 0 radical (unpaired) electrons. The summed E-state index contributed by atoms with van der Waals surface area (Å²) in [6.45, 7) is 10.7. The minimum absolute atomic E-state index is 0.0678. The first-order valence-electron chi connectivity index (χ1n) is 5.56. The van der Waals surface area contributed by atoms with E-state index in [1.54, 1.807) is 19.9 Å². The van der Waals surface area contributed by atoms with Crippen LogP contribution >= 0.6 is 15.9 Å². The second kappa shape index (κ2) is 5.31. The van der Waals surface area contributed by atoms with Crippen LogP contribution in [0.2, 0.25) is 0 Å². The van der Waals surface area contributed by atoms with Crippen molar-refractivity contribution in [2.45, 2.75) is 38.4 Å². The lowest BCUT2D eigenvalue weighted by atomic mass is 9.82. The zero-order chi connectivity index (χ0) is 14.0. The monoisotopic (exact) mass is 319 g/mol. The molecule has 0 saturated carbocycles. The van der Waals surface area contributed by atoms with Gasteiger partial charge in [0.05, 0.1) is 5.56 Å². The van der Waals surface area contributed by atoms with E-state index in [-0.39, 0.29) is 5.56 Å². The Kier molecular flexibility index (Phi) is 4.44. The molecular formula is C13H13BrF3N. The maximum Gasteiger partial charge on any atom is 0.417 e. The van der Waals surface area contributed by atoms with E-state index in [4.69, 9.17) is 6.57 Å². The fourth-order valence-corrected chi connectivity index (χ4v) is 2.37. The third-order valence-electron chi connectivity index (χ3n) is 3.17. The smallest absolute Gasteiger partial charge is 0.305 e. The second-order valence-corrected chi connectivity index (χ2v) is 4.95. The fraction of sp³-hybridized carbons (Fsp3) is 0.462. The summed E-state index contributed by atoms with van der Waals surface area (Å²) in [6, 6.07) is 3.99. The van der Waals surface area contributed by atoms with E-state index in [9.17, 15) is 13.2 Å². The first-order valence-corrected chi connectivity index (χ1v) is 6.36. The molecule has 0 fully saturated rings. The summed E-state index contributed by atoms with van der Waals surface area (Å²) in [6.07, 6.45) is -3.73. The van der Waals surface area contributed by atoms with Crippen LogP contribution in [0.3, 0.4) is 0 Å². The van der Waals surface area contributed by atoms with Gasteiger partial charge in [0.25, 0.3) is 5.54 Å². The Balaban J connectivity index is 3.55. The SMILES string of the molecule is [C-]#[N+]C(CC)(CC)c1ccc(Br)cc1C(F)(F)F. The van der Waals surface area contributed by atoms with Gasteiger partial charge >= 0.3 is 6.18 Å². The zero-order valence-electron chi connectivity index (χ0n) is 10.1. The van der Waals surface area contributed by atoms with Gasteiger partial charge in [0, 0.05) is 22.9 Å². The molecular weight excluding hydrogens is 307 g/mol. The van der Waals surface area contributed by atoms with E-state index in [1.807, 2.05) is 0 Å². The number of nitrogens with zero attached hydrogens (tertiary/aromatic N) is 1. The first kappa shape index (κ1) is 15.0. The van der Waals surface area contributed by atoms with Crippen molar-refractivity contribution in [3.63, 3.8) is 0 Å². The van der Waals surface area contributed by atoms with Crippen LogP contribution in [0.4, 0.5) is 13.2 Å². The summed E-state index contributed by atoms with van der Waals surface area (Å²) < 4.78 is 39.5. The van der Waals surface area contributed by atoms with Crippen molar-refractivity contribution in [2.24, 2.45) is 0 Å². The number of benzene rings is 1. The third-order valence-corrected chi connectivity index (χ3v) is 3.67. The molecule has 0 spiro atoms. The molecule has 0 amide bonds. The number of rotatable bonds is 3. The number of alkyl halides is 3. The average Bonchev–Trinajstić information content (AvgIpc) is 2.32. The van der Waals surface area contributed by atoms with Crippen molar-refractivity contribution in [1.82, 2.24) is 0 Å². The second-order valence-electron chi connectivity index (χ2n) is 4.04. The summed E-state index contributed by atoms with van der Waals surface area (Å²) in [5, 5.41) is 0. The van der Waals surface area contributed by atoms with E-state index in [0.717, 1.165) is 6.07 Å². The Labute approximate surface area is 113 Å². The highest BCUT2D eigenvalue weighted by atomic mass is 79.9. The topological polar surface area (TPSA) is 4.36 Å². The minimum Gasteiger partial charge on any atom is -0.305 e. The van der Waals surface area contributed by atoms with E-state index in [2.05, 4.69) is 20.8 Å².